The molecule has 0 bridgehead atoms. The second kappa shape index (κ2) is 14.9. The van der Waals surface area contributed by atoms with Crippen molar-refractivity contribution in [3.05, 3.63) is 80.8 Å². The van der Waals surface area contributed by atoms with Crippen LogP contribution in [-0.2, 0) is 14.4 Å². The van der Waals surface area contributed by atoms with Gasteiger partial charge in [-0.25, -0.2) is 9.59 Å². The van der Waals surface area contributed by atoms with Crippen molar-refractivity contribution < 1.29 is 38.1 Å². The van der Waals surface area contributed by atoms with E-state index < -0.39 is 59.6 Å². The van der Waals surface area contributed by atoms with Crippen LogP contribution in [-0.4, -0.2) is 98.0 Å². The van der Waals surface area contributed by atoms with Crippen LogP contribution in [0.5, 0.6) is 0 Å². The van der Waals surface area contributed by atoms with Crippen LogP contribution in [0.4, 0.5) is 0 Å². The second-order valence-electron chi connectivity index (χ2n) is 10.5. The summed E-state index contributed by atoms with van der Waals surface area (Å²) in [4.78, 5) is 92.3. The predicted octanol–water partition coefficient (Wildman–Crippen LogP) is -0.700. The van der Waals surface area contributed by atoms with Crippen molar-refractivity contribution in [2.45, 2.75) is 18.4 Å². The van der Waals surface area contributed by atoms with E-state index in [9.17, 15) is 38.7 Å². The van der Waals surface area contributed by atoms with E-state index in [2.05, 4.69) is 45.3 Å². The monoisotopic (exact) mass is 665 g/mol. The number of rotatable bonds is 13. The molecule has 1 atom stereocenters. The van der Waals surface area contributed by atoms with Gasteiger partial charge in [0, 0.05) is 41.9 Å². The van der Waals surface area contributed by atoms with Gasteiger partial charge in [-0.1, -0.05) is 34.6 Å². The number of Topliss-reactive ketones (excluding diaryl/α,β-unsaturated/α-hetero) is 1. The molecule has 1 aliphatic heterocycles. The number of carbonyl (C=O) groups excluding carboxylic acids is 4. The predicted molar refractivity (Wildman–Crippen MR) is 164 cm³/mol. The Hall–Kier alpha value is -6.21. The Morgan fingerprint density at radius 2 is 1.35 bits per heavy atom. The number of carboxylic acids is 1. The van der Waals surface area contributed by atoms with Crippen LogP contribution < -0.4 is 33.6 Å². The zero-order chi connectivity index (χ0) is 33.6. The molecule has 0 aliphatic carbocycles. The fourth-order valence-corrected chi connectivity index (χ4v) is 5.06. The van der Waals surface area contributed by atoms with Crippen LogP contribution in [0.1, 0.15) is 33.6 Å². The summed E-state index contributed by atoms with van der Waals surface area (Å²) in [6.07, 6.45) is 0.0505. The maximum atomic E-state index is 13.6. The Morgan fingerprint density at radius 3 is 1.83 bits per heavy atom. The van der Waals surface area contributed by atoms with E-state index in [1.807, 2.05) is 0 Å². The van der Waals surface area contributed by atoms with Crippen LogP contribution in [0.25, 0.3) is 22.8 Å². The molecule has 5 rings (SSSR count). The first kappa shape index (κ1) is 34.7. The summed E-state index contributed by atoms with van der Waals surface area (Å²) < 4.78 is 8.95. The molecule has 4 aromatic rings. The number of benzene rings is 2. The molecule has 0 saturated carbocycles. The number of amides is 3. The van der Waals surface area contributed by atoms with Crippen LogP contribution >= 0.6 is 0 Å². The summed E-state index contributed by atoms with van der Waals surface area (Å²) in [7, 11) is 0. The van der Waals surface area contributed by atoms with E-state index in [1.165, 1.54) is 36.4 Å². The molecule has 1 saturated heterocycles. The molecule has 1 unspecified atom stereocenters. The van der Waals surface area contributed by atoms with Crippen molar-refractivity contribution in [3.63, 3.8) is 0 Å². The Labute approximate surface area is 269 Å². The fourth-order valence-electron chi connectivity index (χ4n) is 5.06. The molecule has 9 N–H and O–H groups in total. The van der Waals surface area contributed by atoms with Crippen molar-refractivity contribution in [1.29, 1.82) is 0 Å². The van der Waals surface area contributed by atoms with Gasteiger partial charge < -0.3 is 26.8 Å². The third-order valence-corrected chi connectivity index (χ3v) is 7.41. The van der Waals surface area contributed by atoms with Gasteiger partial charge in [-0.3, -0.25) is 48.3 Å². The molecular formula is C29H31N9O10. The third kappa shape index (κ3) is 7.77. The normalized spacial score (nSPS) is 15.8. The standard InChI is InChI=1S/C29H28N8O10.H3N/c38-20(14-31-25(42)19-8-4-17(5-9-19)23-34-28(45)47-36-23)29(26(43)37(13-12-32-29)15-21(39)40)10-1-11-30-24(41)18-6-2-16(3-7-18)22-33-27(44)46-35-22;/h2-9,32H,1,10-15H2,(H,30,41)(H,31,42)(H,39,40)(H,33,35,44)(H,34,36,45);1H3. The molecule has 1 fully saturated rings. The number of nitrogens with one attached hydrogen (secondary N) is 5. The number of aromatic amines is 2. The van der Waals surface area contributed by atoms with Crippen LogP contribution in [0, 0.1) is 0 Å². The van der Waals surface area contributed by atoms with Crippen molar-refractivity contribution in [1.82, 2.24) is 47.3 Å². The van der Waals surface area contributed by atoms with Crippen molar-refractivity contribution >= 4 is 29.5 Å². The van der Waals surface area contributed by atoms with Crippen molar-refractivity contribution in [2.24, 2.45) is 0 Å². The topological polar surface area (TPSA) is 298 Å². The van der Waals surface area contributed by atoms with Gasteiger partial charge in [0.1, 0.15) is 6.54 Å². The molecule has 3 amide bonds. The summed E-state index contributed by atoms with van der Waals surface area (Å²) in [6, 6.07) is 12.1. The molecule has 252 valence electrons. The molecule has 1 aliphatic rings. The number of hydrogen-bond acceptors (Lipinski definition) is 13. The highest BCUT2D eigenvalue weighted by atomic mass is 16.5. The second-order valence-corrected chi connectivity index (χ2v) is 10.5. The minimum atomic E-state index is -1.84. The number of carbonyl (C=O) groups is 5. The Balaban J connectivity index is 0.00000520. The zero-order valence-electron chi connectivity index (χ0n) is 25.2. The zero-order valence-corrected chi connectivity index (χ0v) is 25.2. The average Bonchev–Trinajstić information content (AvgIpc) is 3.71. The van der Waals surface area contributed by atoms with Gasteiger partial charge in [0.15, 0.2) is 23.0 Å². The number of H-pyrrole nitrogens is 2. The fraction of sp³-hybridized carbons (Fsp3) is 0.276. The summed E-state index contributed by atoms with van der Waals surface area (Å²) in [5.41, 5.74) is -0.359. The SMILES string of the molecule is N.O=C(O)CN1CCNC(CCCNC(=O)c2ccc(-c3noc(=O)[nH]3)cc2)(C(=O)CNC(=O)c2ccc(-c3noc(=O)[nH]3)cc2)C1=O. The summed E-state index contributed by atoms with van der Waals surface area (Å²) in [5, 5.41) is 24.6. The molecule has 3 heterocycles. The van der Waals surface area contributed by atoms with Crippen LogP contribution in [0.2, 0.25) is 0 Å². The largest absolute Gasteiger partial charge is 0.480 e. The highest BCUT2D eigenvalue weighted by Crippen LogP contribution is 2.22. The lowest BCUT2D eigenvalue weighted by molar-refractivity contribution is -0.153. The molecular weight excluding hydrogens is 634 g/mol. The molecule has 19 heteroatoms. The molecule has 0 radical (unpaired) electrons. The van der Waals surface area contributed by atoms with Gasteiger partial charge >= 0.3 is 17.5 Å². The first-order chi connectivity index (χ1) is 22.6. The van der Waals surface area contributed by atoms with E-state index in [0.717, 1.165) is 4.90 Å². The Bertz CT molecular complexity index is 1910. The van der Waals surface area contributed by atoms with Gasteiger partial charge in [-0.2, -0.15) is 0 Å². The van der Waals surface area contributed by atoms with E-state index in [1.54, 1.807) is 12.1 Å². The molecule has 0 spiro atoms. The van der Waals surface area contributed by atoms with Crippen LogP contribution in [0.3, 0.4) is 0 Å². The maximum Gasteiger partial charge on any atom is 0.439 e. The lowest BCUT2D eigenvalue weighted by atomic mass is 9.84. The lowest BCUT2D eigenvalue weighted by Gasteiger charge is -2.41. The molecule has 2 aromatic carbocycles. The van der Waals surface area contributed by atoms with E-state index in [0.29, 0.717) is 16.7 Å². The highest BCUT2D eigenvalue weighted by molar-refractivity contribution is 6.13. The van der Waals surface area contributed by atoms with Gasteiger partial charge in [0.25, 0.3) is 17.7 Å². The summed E-state index contributed by atoms with van der Waals surface area (Å²) >= 11 is 0. The lowest BCUT2D eigenvalue weighted by Crippen LogP contribution is -2.70. The quantitative estimate of drug-likeness (QED) is 0.0686. The summed E-state index contributed by atoms with van der Waals surface area (Å²) in [6.45, 7) is -0.910. The van der Waals surface area contributed by atoms with Crippen molar-refractivity contribution in [2.75, 3.05) is 32.7 Å². The molecule has 48 heavy (non-hydrogen) atoms. The number of carboxylic acid groups (broad SMARTS) is 1. The Morgan fingerprint density at radius 1 is 0.833 bits per heavy atom. The van der Waals surface area contributed by atoms with E-state index in [-0.39, 0.29) is 55.8 Å². The van der Waals surface area contributed by atoms with Gasteiger partial charge in [-0.05, 0) is 37.1 Å². The molecule has 19 nitrogen and oxygen atoms in total. The van der Waals surface area contributed by atoms with Crippen molar-refractivity contribution in [3.8, 4) is 22.8 Å². The first-order valence-electron chi connectivity index (χ1n) is 14.2. The number of aliphatic carboxylic acids is 1. The summed E-state index contributed by atoms with van der Waals surface area (Å²) in [5.74, 6) is -4.81. The van der Waals surface area contributed by atoms with Crippen LogP contribution in [0.15, 0.2) is 67.2 Å². The first-order valence-corrected chi connectivity index (χ1v) is 14.2. The smallest absolute Gasteiger partial charge is 0.439 e. The number of ketones is 1. The Kier molecular flexibility index (Phi) is 10.8. The minimum Gasteiger partial charge on any atom is -0.480 e. The average molecular weight is 666 g/mol. The van der Waals surface area contributed by atoms with E-state index >= 15 is 0 Å². The highest BCUT2D eigenvalue weighted by Gasteiger charge is 2.49. The number of piperazine rings is 1. The van der Waals surface area contributed by atoms with Gasteiger partial charge in [-0.15, -0.1) is 0 Å². The maximum absolute atomic E-state index is 13.6. The van der Waals surface area contributed by atoms with E-state index in [4.69, 9.17) is 0 Å². The van der Waals surface area contributed by atoms with Gasteiger partial charge in [0.05, 0.1) is 6.54 Å². The molecule has 2 aromatic heterocycles. The third-order valence-electron chi connectivity index (χ3n) is 7.41. The number of hydrogen-bond donors (Lipinski definition) is 7. The number of nitrogens with zero attached hydrogens (tertiary/aromatic N) is 3. The number of aromatic nitrogens is 4. The van der Waals surface area contributed by atoms with Gasteiger partial charge in [0.2, 0.25) is 0 Å². The minimum absolute atomic E-state index is 0.